The zero-order valence-electron chi connectivity index (χ0n) is 43.0. The second-order valence-corrected chi connectivity index (χ2v) is 22.0. The van der Waals surface area contributed by atoms with E-state index in [1.54, 1.807) is 30.9 Å². The zero-order valence-corrected chi connectivity index (χ0v) is 43.8. The van der Waals surface area contributed by atoms with Crippen molar-refractivity contribution in [3.63, 3.8) is 0 Å². The smallest absolute Gasteiger partial charge is 0.312 e. The van der Waals surface area contributed by atoms with Crippen LogP contribution in [-0.4, -0.2) is 72.2 Å². The second-order valence-electron chi connectivity index (χ2n) is 20.0. The van der Waals surface area contributed by atoms with Gasteiger partial charge in [-0.3, -0.25) is 19.1 Å². The molecule has 384 valence electrons. The first-order valence-corrected chi connectivity index (χ1v) is 26.3. The molecular formula is C53H80F2N6O7S. The number of nitrogens with one attached hydrogen (secondary N) is 3. The minimum atomic E-state index is -3.68. The fourth-order valence-corrected chi connectivity index (χ4v) is 8.69. The summed E-state index contributed by atoms with van der Waals surface area (Å²) in [5.74, 6) is -2.73. The first-order valence-electron chi connectivity index (χ1n) is 24.7. The first kappa shape index (κ1) is 58.2. The molecule has 69 heavy (non-hydrogen) atoms. The van der Waals surface area contributed by atoms with Crippen LogP contribution in [-0.2, 0) is 30.3 Å². The number of carbonyl (C=O) groups excluding carboxylic acids is 4. The van der Waals surface area contributed by atoms with Gasteiger partial charge in [-0.2, -0.15) is 0 Å². The van der Waals surface area contributed by atoms with Crippen LogP contribution < -0.4 is 25.8 Å². The molecule has 2 aliphatic carbocycles. The number of ether oxygens (including phenoxy) is 1. The number of amides is 5. The van der Waals surface area contributed by atoms with Crippen molar-refractivity contribution in [3.05, 3.63) is 82.1 Å². The number of allylic oxidation sites excluding steroid dienone is 3. The molecule has 13 nitrogen and oxygen atoms in total. The van der Waals surface area contributed by atoms with Crippen LogP contribution in [0.25, 0.3) is 5.70 Å². The molecule has 0 aromatic heterocycles. The predicted molar refractivity (Wildman–Crippen MR) is 272 cm³/mol. The van der Waals surface area contributed by atoms with Gasteiger partial charge in [0.1, 0.15) is 23.5 Å². The van der Waals surface area contributed by atoms with Gasteiger partial charge in [0.15, 0.2) is 5.76 Å². The van der Waals surface area contributed by atoms with Crippen LogP contribution in [0.2, 0.25) is 0 Å². The number of nitrogens with zero attached hydrogens (tertiary/aromatic N) is 2. The van der Waals surface area contributed by atoms with Crippen LogP contribution in [0.5, 0.6) is 5.75 Å². The van der Waals surface area contributed by atoms with Crippen LogP contribution in [0.4, 0.5) is 13.6 Å². The summed E-state index contributed by atoms with van der Waals surface area (Å²) in [6.45, 7) is 20.6. The second kappa shape index (κ2) is 26.7. The summed E-state index contributed by atoms with van der Waals surface area (Å²) in [6.07, 6.45) is 15.8. The Morgan fingerprint density at radius 1 is 0.913 bits per heavy atom. The highest BCUT2D eigenvalue weighted by Gasteiger charge is 2.40. The predicted octanol–water partition coefficient (Wildman–Crippen LogP) is 10.7. The van der Waals surface area contributed by atoms with Crippen molar-refractivity contribution < 1.29 is 41.1 Å². The van der Waals surface area contributed by atoms with Gasteiger partial charge in [-0.25, -0.2) is 27.0 Å². The molecule has 0 spiro atoms. The van der Waals surface area contributed by atoms with Crippen molar-refractivity contribution in [2.45, 2.75) is 195 Å². The molecule has 2 aromatic carbocycles. The largest absolute Gasteiger partial charge is 0.454 e. The van der Waals surface area contributed by atoms with Gasteiger partial charge in [0.25, 0.3) is 11.8 Å². The summed E-state index contributed by atoms with van der Waals surface area (Å²) in [4.78, 5) is 54.7. The SMILES string of the molecule is C/C=C(/N=C1C(=C(C)C)Oc2ccc(C)cc21)c1ccc(C(C)(F)F)cc1.C1CC1.CC(C)(C)NC(N)=O.CCCCCCCCC(=O)N1CCCC1C(=O)NC(C(=O)NS(=O)(=O)C1CC1)C(C)C. The number of unbranched alkanes of at least 4 members (excludes halogenated alkanes) is 5. The number of nitrogens with two attached hydrogens (primary N) is 1. The molecule has 2 heterocycles. The number of fused-ring (bicyclic) bond motifs is 1. The number of aliphatic imine (C=N–C) groups is 1. The highest BCUT2D eigenvalue weighted by Crippen LogP contribution is 2.36. The molecule has 3 fully saturated rings. The molecule has 4 aliphatic rings. The Hall–Kier alpha value is -5.12. The molecule has 5 amide bonds. The Bertz CT molecular complexity index is 2250. The van der Waals surface area contributed by atoms with E-state index in [1.807, 2.05) is 66.7 Å². The van der Waals surface area contributed by atoms with Gasteiger partial charge in [0.05, 0.1) is 10.9 Å². The Labute approximate surface area is 411 Å². The fourth-order valence-electron chi connectivity index (χ4n) is 7.36. The third-order valence-corrected chi connectivity index (χ3v) is 13.2. The summed E-state index contributed by atoms with van der Waals surface area (Å²) >= 11 is 0. The van der Waals surface area contributed by atoms with Crippen molar-refractivity contribution in [1.82, 2.24) is 20.3 Å². The molecule has 2 saturated carbocycles. The maximum Gasteiger partial charge on any atom is 0.312 e. The van der Waals surface area contributed by atoms with E-state index in [9.17, 15) is 36.4 Å². The monoisotopic (exact) mass is 983 g/mol. The maximum absolute atomic E-state index is 13.5. The number of aryl methyl sites for hydroxylation is 1. The lowest BCUT2D eigenvalue weighted by molar-refractivity contribution is -0.139. The number of carbonyl (C=O) groups is 4. The number of sulfonamides is 1. The molecular weight excluding hydrogens is 903 g/mol. The number of halogens is 2. The number of hydrogen-bond donors (Lipinski definition) is 4. The number of rotatable bonds is 16. The van der Waals surface area contributed by atoms with Crippen LogP contribution in [0.1, 0.15) is 181 Å². The van der Waals surface area contributed by atoms with E-state index >= 15 is 0 Å². The van der Waals surface area contributed by atoms with Crippen LogP contribution in [0.15, 0.2) is 64.9 Å². The third-order valence-electron chi connectivity index (χ3n) is 11.4. The molecule has 0 bridgehead atoms. The Morgan fingerprint density at radius 2 is 1.52 bits per heavy atom. The van der Waals surface area contributed by atoms with E-state index in [-0.39, 0.29) is 28.8 Å². The minimum absolute atomic E-state index is 0.00971. The van der Waals surface area contributed by atoms with Gasteiger partial charge >= 0.3 is 6.03 Å². The lowest BCUT2D eigenvalue weighted by Crippen LogP contribution is -2.55. The molecule has 2 unspecified atom stereocenters. The van der Waals surface area contributed by atoms with Gasteiger partial charge in [-0.15, -0.1) is 0 Å². The normalized spacial score (nSPS) is 17.4. The van der Waals surface area contributed by atoms with Gasteiger partial charge in [-0.05, 0) is 110 Å². The molecule has 2 aliphatic heterocycles. The molecule has 16 heteroatoms. The van der Waals surface area contributed by atoms with Crippen molar-refractivity contribution in [1.29, 1.82) is 0 Å². The number of alkyl halides is 2. The third kappa shape index (κ3) is 20.0. The molecule has 2 aromatic rings. The Balaban J connectivity index is 0.000000300. The molecule has 0 radical (unpaired) electrons. The quantitative estimate of drug-likeness (QED) is 0.120. The van der Waals surface area contributed by atoms with E-state index in [2.05, 4.69) is 28.3 Å². The van der Waals surface area contributed by atoms with Gasteiger partial charge in [0.2, 0.25) is 21.8 Å². The van der Waals surface area contributed by atoms with E-state index in [0.717, 1.165) is 72.1 Å². The highest BCUT2D eigenvalue weighted by molar-refractivity contribution is 7.90. The lowest BCUT2D eigenvalue weighted by Gasteiger charge is -2.27. The van der Waals surface area contributed by atoms with Crippen molar-refractivity contribution in [3.8, 4) is 5.75 Å². The summed E-state index contributed by atoms with van der Waals surface area (Å²) in [5, 5.41) is 4.72. The van der Waals surface area contributed by atoms with Crippen molar-refractivity contribution >= 4 is 45.2 Å². The van der Waals surface area contributed by atoms with E-state index in [4.69, 9.17) is 15.5 Å². The van der Waals surface area contributed by atoms with Crippen LogP contribution in [0.3, 0.4) is 0 Å². The number of primary amides is 1. The molecule has 6 rings (SSSR count). The molecule has 2 atom stereocenters. The topological polar surface area (TPSA) is 189 Å². The highest BCUT2D eigenvalue weighted by atomic mass is 32.2. The van der Waals surface area contributed by atoms with E-state index in [0.29, 0.717) is 37.9 Å². The summed E-state index contributed by atoms with van der Waals surface area (Å²) in [7, 11) is -3.68. The van der Waals surface area contributed by atoms with Crippen LogP contribution >= 0.6 is 0 Å². The molecule has 1 saturated heterocycles. The summed E-state index contributed by atoms with van der Waals surface area (Å²) in [6, 6.07) is 10.2. The lowest BCUT2D eigenvalue weighted by atomic mass is 10.0. The average molecular weight is 983 g/mol. The number of likely N-dealkylation sites (tertiary alicyclic amines) is 1. The maximum atomic E-state index is 13.5. The standard InChI is InChI=1S/C23H23F2NO.C22H39N3O5S.C5H12N2O.C3H6/c1-6-19(16-8-10-17(11-9-16)23(5,24)25)26-21-18-13-15(4)7-12-20(18)27-22(21)14(2)3;1-4-5-6-7-8-9-12-19(26)25-15-10-11-18(25)21(27)23-20(16(2)3)22(28)24-31(29,30)17-13-14-17;1-5(2,3)7-4(6)8;1-2-3-1/h6-13H,1-5H3;16-18,20H,4-15H2,1-3H3,(H,23,27)(H,24,28);1-3H3,(H3,6,7,8);1-3H2/b19-6+,26-21?;;;. The number of hydrogen-bond acceptors (Lipinski definition) is 8. The fraction of sp³-hybridized carbons (Fsp3) is 0.604. The zero-order chi connectivity index (χ0) is 51.7. The van der Waals surface area contributed by atoms with E-state index < -0.39 is 45.2 Å². The summed E-state index contributed by atoms with van der Waals surface area (Å²) in [5.41, 5.74) is 9.98. The van der Waals surface area contributed by atoms with Gasteiger partial charge < -0.3 is 26.0 Å². The van der Waals surface area contributed by atoms with Crippen LogP contribution in [0, 0.1) is 12.8 Å². The first-order chi connectivity index (χ1) is 32.3. The van der Waals surface area contributed by atoms with Crippen molar-refractivity contribution in [2.24, 2.45) is 16.6 Å². The Morgan fingerprint density at radius 3 is 2.01 bits per heavy atom. The average Bonchev–Trinajstić information content (AvgIpc) is 4.21. The minimum Gasteiger partial charge on any atom is -0.454 e. The number of benzene rings is 2. The number of urea groups is 1. The van der Waals surface area contributed by atoms with Gasteiger partial charge in [0, 0.05) is 36.6 Å². The summed E-state index contributed by atoms with van der Waals surface area (Å²) < 4.78 is 59.3. The molecule has 5 N–H and O–H groups in total. The van der Waals surface area contributed by atoms with Gasteiger partial charge in [-0.1, -0.05) is 114 Å². The van der Waals surface area contributed by atoms with Crippen molar-refractivity contribution in [2.75, 3.05) is 6.54 Å². The Kier molecular flexibility index (Phi) is 22.6. The van der Waals surface area contributed by atoms with E-state index in [1.165, 1.54) is 50.7 Å².